The number of carbonyl (C=O) groups is 2. The van der Waals surface area contributed by atoms with Crippen molar-refractivity contribution in [3.63, 3.8) is 0 Å². The zero-order chi connectivity index (χ0) is 18.2. The number of carbonyl (C=O) groups excluding carboxylic acids is 2. The van der Waals surface area contributed by atoms with Crippen molar-refractivity contribution in [3.05, 3.63) is 60.3 Å². The first kappa shape index (κ1) is 17.7. The number of aromatic nitrogens is 1. The molecular weight excluding hydrogens is 334 g/mol. The minimum Gasteiger partial charge on any atom is -0.472 e. The van der Waals surface area contributed by atoms with E-state index in [1.807, 2.05) is 42.5 Å². The number of likely N-dealkylation sites (tertiary alicyclic amines) is 1. The van der Waals surface area contributed by atoms with Gasteiger partial charge in [-0.2, -0.15) is 0 Å². The molecule has 1 fully saturated rings. The van der Waals surface area contributed by atoms with Crippen molar-refractivity contribution in [2.75, 3.05) is 19.6 Å². The monoisotopic (exact) mass is 355 g/mol. The Morgan fingerprint density at radius 3 is 2.73 bits per heavy atom. The Bertz CT molecular complexity index is 724. The number of hydrogen-bond donors (Lipinski definition) is 1. The summed E-state index contributed by atoms with van der Waals surface area (Å²) >= 11 is 0. The number of nitrogens with zero attached hydrogens (tertiary/aromatic N) is 2. The molecule has 0 spiro atoms. The first-order chi connectivity index (χ1) is 12.7. The lowest BCUT2D eigenvalue weighted by Gasteiger charge is -2.17. The molecule has 2 aromatic rings. The summed E-state index contributed by atoms with van der Waals surface area (Å²) in [6.45, 7) is 1.15. The predicted octanol–water partition coefficient (Wildman–Crippen LogP) is 1.99. The summed E-state index contributed by atoms with van der Waals surface area (Å²) in [4.78, 5) is 29.7. The zero-order valence-electron chi connectivity index (χ0n) is 14.3. The van der Waals surface area contributed by atoms with Crippen molar-refractivity contribution >= 4 is 12.0 Å². The van der Waals surface area contributed by atoms with Crippen LogP contribution >= 0.6 is 0 Å². The van der Waals surface area contributed by atoms with Crippen LogP contribution in [-0.4, -0.2) is 47.6 Å². The van der Waals surface area contributed by atoms with Crippen molar-refractivity contribution in [2.24, 2.45) is 0 Å². The molecule has 1 saturated heterocycles. The Balaban J connectivity index is 1.36. The van der Waals surface area contributed by atoms with Crippen LogP contribution in [0.1, 0.15) is 12.0 Å². The summed E-state index contributed by atoms with van der Waals surface area (Å²) in [6, 6.07) is 14.8. The maximum absolute atomic E-state index is 12.2. The van der Waals surface area contributed by atoms with Crippen molar-refractivity contribution in [2.45, 2.75) is 19.1 Å². The van der Waals surface area contributed by atoms with Gasteiger partial charge in [0.1, 0.15) is 19.3 Å². The first-order valence-electron chi connectivity index (χ1n) is 8.51. The minimum absolute atomic E-state index is 0.0844. The van der Waals surface area contributed by atoms with Crippen LogP contribution in [0.3, 0.4) is 0 Å². The molecule has 0 radical (unpaired) electrons. The number of alkyl carbamates (subject to hydrolysis) is 1. The third-order valence-corrected chi connectivity index (χ3v) is 4.02. The molecule has 7 heteroatoms. The molecule has 2 heterocycles. The van der Waals surface area contributed by atoms with Gasteiger partial charge in [0, 0.05) is 25.2 Å². The summed E-state index contributed by atoms with van der Waals surface area (Å²) in [6.07, 6.45) is 1.71. The van der Waals surface area contributed by atoms with E-state index in [1.165, 1.54) is 0 Å². The molecule has 0 aliphatic carbocycles. The van der Waals surface area contributed by atoms with E-state index in [2.05, 4.69) is 10.3 Å². The van der Waals surface area contributed by atoms with Crippen molar-refractivity contribution < 1.29 is 19.1 Å². The summed E-state index contributed by atoms with van der Waals surface area (Å²) < 4.78 is 10.8. The molecule has 1 aliphatic heterocycles. The van der Waals surface area contributed by atoms with Crippen molar-refractivity contribution in [1.29, 1.82) is 0 Å². The predicted molar refractivity (Wildman–Crippen MR) is 94.5 cm³/mol. The van der Waals surface area contributed by atoms with Crippen LogP contribution in [0.4, 0.5) is 4.79 Å². The molecule has 1 aliphatic rings. The standard InChI is InChI=1S/C19H21N3O4/c23-18(12-21-19(24)25-14-15-6-2-1-3-7-15)22-11-9-16(13-22)26-17-8-4-5-10-20-17/h1-8,10,16H,9,11-14H2,(H,21,24). The normalized spacial score (nSPS) is 16.2. The SMILES string of the molecule is O=C(NCC(=O)N1CCC(Oc2ccccn2)C1)OCc1ccccc1. The van der Waals surface area contributed by atoms with E-state index in [4.69, 9.17) is 9.47 Å². The summed E-state index contributed by atoms with van der Waals surface area (Å²) in [5.74, 6) is 0.392. The average Bonchev–Trinajstić information content (AvgIpc) is 3.14. The molecule has 1 atom stereocenters. The Kier molecular flexibility index (Phi) is 6.03. The highest BCUT2D eigenvalue weighted by atomic mass is 16.5. The molecule has 1 aromatic carbocycles. The maximum atomic E-state index is 12.2. The number of hydrogen-bond acceptors (Lipinski definition) is 5. The first-order valence-corrected chi connectivity index (χ1v) is 8.51. The van der Waals surface area contributed by atoms with Gasteiger partial charge in [0.15, 0.2) is 0 Å². The molecule has 136 valence electrons. The molecule has 0 bridgehead atoms. The maximum Gasteiger partial charge on any atom is 0.407 e. The third-order valence-electron chi connectivity index (χ3n) is 4.02. The van der Waals surface area contributed by atoms with Gasteiger partial charge in [-0.05, 0) is 11.6 Å². The van der Waals surface area contributed by atoms with Gasteiger partial charge >= 0.3 is 6.09 Å². The van der Waals surface area contributed by atoms with Crippen LogP contribution in [0.25, 0.3) is 0 Å². The number of rotatable bonds is 6. The Labute approximate surface area is 151 Å². The van der Waals surface area contributed by atoms with Gasteiger partial charge in [0.2, 0.25) is 11.8 Å². The van der Waals surface area contributed by atoms with E-state index >= 15 is 0 Å². The Morgan fingerprint density at radius 2 is 1.96 bits per heavy atom. The van der Waals surface area contributed by atoms with Gasteiger partial charge in [-0.15, -0.1) is 0 Å². The molecule has 1 N–H and O–H groups in total. The fourth-order valence-electron chi connectivity index (χ4n) is 2.67. The second-order valence-electron chi connectivity index (χ2n) is 5.95. The van der Waals surface area contributed by atoms with E-state index in [-0.39, 0.29) is 25.2 Å². The molecular formula is C19H21N3O4. The number of ether oxygens (including phenoxy) is 2. The fraction of sp³-hybridized carbons (Fsp3) is 0.316. The Morgan fingerprint density at radius 1 is 1.15 bits per heavy atom. The van der Waals surface area contributed by atoms with Crippen LogP contribution in [0.5, 0.6) is 5.88 Å². The van der Waals surface area contributed by atoms with Crippen LogP contribution in [0, 0.1) is 0 Å². The second kappa shape index (κ2) is 8.84. The lowest BCUT2D eigenvalue weighted by atomic mass is 10.2. The van der Waals surface area contributed by atoms with E-state index in [0.717, 1.165) is 12.0 Å². The van der Waals surface area contributed by atoms with E-state index in [1.54, 1.807) is 17.2 Å². The van der Waals surface area contributed by atoms with Gasteiger partial charge in [0.25, 0.3) is 0 Å². The zero-order valence-corrected chi connectivity index (χ0v) is 14.3. The van der Waals surface area contributed by atoms with Crippen molar-refractivity contribution in [3.8, 4) is 5.88 Å². The molecule has 26 heavy (non-hydrogen) atoms. The molecule has 7 nitrogen and oxygen atoms in total. The highest BCUT2D eigenvalue weighted by molar-refractivity contribution is 5.82. The fourth-order valence-corrected chi connectivity index (χ4v) is 2.67. The quantitative estimate of drug-likeness (QED) is 0.857. The van der Waals surface area contributed by atoms with Crippen LogP contribution in [0.2, 0.25) is 0 Å². The number of amides is 2. The molecule has 3 rings (SSSR count). The molecule has 2 amide bonds. The van der Waals surface area contributed by atoms with E-state index < -0.39 is 6.09 Å². The minimum atomic E-state index is -0.609. The Hall–Kier alpha value is -3.09. The van der Waals surface area contributed by atoms with Crippen LogP contribution in [-0.2, 0) is 16.1 Å². The summed E-state index contributed by atoms with van der Waals surface area (Å²) in [5, 5.41) is 2.49. The number of nitrogens with one attached hydrogen (secondary N) is 1. The van der Waals surface area contributed by atoms with Gasteiger partial charge < -0.3 is 19.7 Å². The van der Waals surface area contributed by atoms with Gasteiger partial charge in [0.05, 0.1) is 6.54 Å². The highest BCUT2D eigenvalue weighted by Crippen LogP contribution is 2.16. The van der Waals surface area contributed by atoms with Gasteiger partial charge in [-0.3, -0.25) is 4.79 Å². The largest absolute Gasteiger partial charge is 0.472 e. The third kappa shape index (κ3) is 5.20. The topological polar surface area (TPSA) is 80.8 Å². The molecule has 1 aromatic heterocycles. The smallest absolute Gasteiger partial charge is 0.407 e. The van der Waals surface area contributed by atoms with E-state index in [0.29, 0.717) is 19.0 Å². The van der Waals surface area contributed by atoms with Crippen LogP contribution in [0.15, 0.2) is 54.7 Å². The lowest BCUT2D eigenvalue weighted by Crippen LogP contribution is -2.39. The summed E-state index contributed by atoms with van der Waals surface area (Å²) in [7, 11) is 0. The van der Waals surface area contributed by atoms with Crippen LogP contribution < -0.4 is 10.1 Å². The van der Waals surface area contributed by atoms with E-state index in [9.17, 15) is 9.59 Å². The number of pyridine rings is 1. The second-order valence-corrected chi connectivity index (χ2v) is 5.95. The molecule has 0 saturated carbocycles. The number of benzene rings is 1. The van der Waals surface area contributed by atoms with Gasteiger partial charge in [-0.1, -0.05) is 36.4 Å². The molecule has 1 unspecified atom stereocenters. The van der Waals surface area contributed by atoms with Crippen molar-refractivity contribution in [1.82, 2.24) is 15.2 Å². The lowest BCUT2D eigenvalue weighted by molar-refractivity contribution is -0.129. The highest BCUT2D eigenvalue weighted by Gasteiger charge is 2.27. The average molecular weight is 355 g/mol. The van der Waals surface area contributed by atoms with Gasteiger partial charge in [-0.25, -0.2) is 9.78 Å². The summed E-state index contributed by atoms with van der Waals surface area (Å²) in [5.41, 5.74) is 0.892.